The van der Waals surface area contributed by atoms with Crippen molar-refractivity contribution >= 4 is 6.03 Å². The Bertz CT molecular complexity index is 610. The van der Waals surface area contributed by atoms with E-state index in [0.29, 0.717) is 12.6 Å². The maximum Gasteiger partial charge on any atom is 0.318 e. The molecule has 2 aliphatic rings. The predicted octanol–water partition coefficient (Wildman–Crippen LogP) is 2.60. The number of piperidine rings is 1. The molecule has 24 heavy (non-hydrogen) atoms. The van der Waals surface area contributed by atoms with Crippen LogP contribution in [0.15, 0.2) is 24.3 Å². The lowest BCUT2D eigenvalue weighted by Gasteiger charge is -2.33. The van der Waals surface area contributed by atoms with Gasteiger partial charge in [0.15, 0.2) is 0 Å². The van der Waals surface area contributed by atoms with Gasteiger partial charge in [0.05, 0.1) is 6.54 Å². The highest BCUT2D eigenvalue weighted by Crippen LogP contribution is 2.27. The molecular weight excluding hydrogens is 305 g/mol. The van der Waals surface area contributed by atoms with E-state index in [1.54, 1.807) is 17.0 Å². The Morgan fingerprint density at radius 1 is 1.29 bits per heavy atom. The molecule has 2 atom stereocenters. The average molecular weight is 329 g/mol. The average Bonchev–Trinajstić information content (AvgIpc) is 2.99. The predicted molar refractivity (Wildman–Crippen MR) is 91.8 cm³/mol. The van der Waals surface area contributed by atoms with Gasteiger partial charge >= 0.3 is 6.03 Å². The third-order valence-corrected chi connectivity index (χ3v) is 5.02. The molecule has 2 saturated heterocycles. The van der Waals surface area contributed by atoms with E-state index in [0.717, 1.165) is 31.5 Å². The number of carbonyl (C=O) groups is 1. The molecule has 3 rings (SSSR count). The first-order valence-electron chi connectivity index (χ1n) is 8.65. The van der Waals surface area contributed by atoms with Crippen LogP contribution in [0.2, 0.25) is 0 Å². The van der Waals surface area contributed by atoms with Gasteiger partial charge in [-0.05, 0) is 43.5 Å². The number of amides is 2. The van der Waals surface area contributed by atoms with Gasteiger partial charge in [-0.2, -0.15) is 0 Å². The summed E-state index contributed by atoms with van der Waals surface area (Å²) in [4.78, 5) is 16.8. The standard InChI is InChI=1S/C19H24FN3O/c1-2-11-23(14-15-6-8-16(20)9-7-15)19(24)21-17-10-13-22-12-4-3-5-18(17)22/h1,6-9,17-18H,3-5,10-14H2,(H,21,24)/t17-,18+/m1/s1. The van der Waals surface area contributed by atoms with Gasteiger partial charge in [0, 0.05) is 25.2 Å². The zero-order chi connectivity index (χ0) is 16.9. The first-order valence-corrected chi connectivity index (χ1v) is 8.65. The van der Waals surface area contributed by atoms with Crippen molar-refractivity contribution in [2.75, 3.05) is 19.6 Å². The third-order valence-electron chi connectivity index (χ3n) is 5.02. The molecule has 2 amide bonds. The van der Waals surface area contributed by atoms with Crippen LogP contribution in [0, 0.1) is 18.2 Å². The van der Waals surface area contributed by atoms with Gasteiger partial charge in [0.2, 0.25) is 0 Å². The molecule has 1 aromatic carbocycles. The second-order valence-electron chi connectivity index (χ2n) is 6.63. The maximum atomic E-state index is 13.0. The number of hydrogen-bond acceptors (Lipinski definition) is 2. The number of fused-ring (bicyclic) bond motifs is 1. The van der Waals surface area contributed by atoms with Crippen molar-refractivity contribution in [1.29, 1.82) is 0 Å². The van der Waals surface area contributed by atoms with Crippen LogP contribution in [0.3, 0.4) is 0 Å². The van der Waals surface area contributed by atoms with Crippen molar-refractivity contribution in [2.24, 2.45) is 0 Å². The third kappa shape index (κ3) is 3.88. The number of hydrogen-bond donors (Lipinski definition) is 1. The maximum absolute atomic E-state index is 13.0. The van der Waals surface area contributed by atoms with Crippen LogP contribution >= 0.6 is 0 Å². The summed E-state index contributed by atoms with van der Waals surface area (Å²) in [6.45, 7) is 2.82. The number of nitrogens with zero attached hydrogens (tertiary/aromatic N) is 2. The highest BCUT2D eigenvalue weighted by atomic mass is 19.1. The van der Waals surface area contributed by atoms with Crippen LogP contribution < -0.4 is 5.32 Å². The molecule has 0 spiro atoms. The van der Waals surface area contributed by atoms with Crippen molar-refractivity contribution < 1.29 is 9.18 Å². The summed E-state index contributed by atoms with van der Waals surface area (Å²) in [5.41, 5.74) is 0.868. The monoisotopic (exact) mass is 329 g/mol. The summed E-state index contributed by atoms with van der Waals surface area (Å²) in [5, 5.41) is 3.17. The van der Waals surface area contributed by atoms with Gasteiger partial charge in [-0.25, -0.2) is 9.18 Å². The SMILES string of the molecule is C#CCN(Cc1ccc(F)cc1)C(=O)N[C@@H]1CCN2CCCC[C@@H]12. The van der Waals surface area contributed by atoms with E-state index in [1.165, 1.54) is 25.0 Å². The van der Waals surface area contributed by atoms with Crippen molar-refractivity contribution in [2.45, 2.75) is 44.3 Å². The zero-order valence-electron chi connectivity index (χ0n) is 13.9. The fraction of sp³-hybridized carbons (Fsp3) is 0.526. The molecule has 1 N–H and O–H groups in total. The van der Waals surface area contributed by atoms with E-state index in [2.05, 4.69) is 16.1 Å². The lowest BCUT2D eigenvalue weighted by Crippen LogP contribution is -2.50. The van der Waals surface area contributed by atoms with E-state index >= 15 is 0 Å². The van der Waals surface area contributed by atoms with Crippen molar-refractivity contribution in [3.63, 3.8) is 0 Å². The number of terminal acetylenes is 1. The van der Waals surface area contributed by atoms with Crippen LogP contribution in [-0.2, 0) is 6.54 Å². The molecular formula is C19H24FN3O. The first kappa shape index (κ1) is 16.8. The number of urea groups is 1. The van der Waals surface area contributed by atoms with Crippen molar-refractivity contribution in [3.8, 4) is 12.3 Å². The van der Waals surface area contributed by atoms with Crippen LogP contribution in [0.5, 0.6) is 0 Å². The van der Waals surface area contributed by atoms with Gasteiger partial charge in [0.1, 0.15) is 5.82 Å². The summed E-state index contributed by atoms with van der Waals surface area (Å²) in [5.74, 6) is 2.26. The summed E-state index contributed by atoms with van der Waals surface area (Å²) in [6, 6.07) is 6.70. The molecule has 2 fully saturated rings. The van der Waals surface area contributed by atoms with E-state index in [4.69, 9.17) is 6.42 Å². The Morgan fingerprint density at radius 3 is 2.83 bits per heavy atom. The molecule has 0 saturated carbocycles. The zero-order valence-corrected chi connectivity index (χ0v) is 13.9. The molecule has 0 unspecified atom stereocenters. The van der Waals surface area contributed by atoms with Gasteiger partial charge in [-0.3, -0.25) is 4.90 Å². The summed E-state index contributed by atoms with van der Waals surface area (Å²) >= 11 is 0. The Morgan fingerprint density at radius 2 is 2.08 bits per heavy atom. The Kier molecular flexibility index (Phi) is 5.37. The second kappa shape index (κ2) is 7.67. The molecule has 4 nitrogen and oxygen atoms in total. The van der Waals surface area contributed by atoms with Crippen LogP contribution in [0.1, 0.15) is 31.2 Å². The molecule has 2 aliphatic heterocycles. The minimum atomic E-state index is -0.282. The molecule has 0 bridgehead atoms. The minimum Gasteiger partial charge on any atom is -0.334 e. The smallest absolute Gasteiger partial charge is 0.318 e. The molecule has 1 aromatic rings. The lowest BCUT2D eigenvalue weighted by atomic mass is 9.99. The van der Waals surface area contributed by atoms with E-state index in [-0.39, 0.29) is 24.4 Å². The Labute approximate surface area is 143 Å². The Hall–Kier alpha value is -2.06. The van der Waals surface area contributed by atoms with Crippen molar-refractivity contribution in [1.82, 2.24) is 15.1 Å². The number of carbonyl (C=O) groups excluding carboxylic acids is 1. The molecule has 128 valence electrons. The quantitative estimate of drug-likeness (QED) is 0.862. The molecule has 0 aromatic heterocycles. The number of rotatable bonds is 4. The highest BCUT2D eigenvalue weighted by Gasteiger charge is 2.36. The summed E-state index contributed by atoms with van der Waals surface area (Å²) in [7, 11) is 0. The topological polar surface area (TPSA) is 35.6 Å². The van der Waals surface area contributed by atoms with E-state index < -0.39 is 0 Å². The van der Waals surface area contributed by atoms with Crippen LogP contribution in [0.4, 0.5) is 9.18 Å². The molecule has 5 heteroatoms. The minimum absolute atomic E-state index is 0.130. The lowest BCUT2D eigenvalue weighted by molar-refractivity contribution is 0.168. The summed E-state index contributed by atoms with van der Waals surface area (Å²) < 4.78 is 13.0. The highest BCUT2D eigenvalue weighted by molar-refractivity contribution is 5.75. The normalized spacial score (nSPS) is 23.3. The fourth-order valence-electron chi connectivity index (χ4n) is 3.79. The van der Waals surface area contributed by atoms with Gasteiger partial charge < -0.3 is 10.2 Å². The van der Waals surface area contributed by atoms with Crippen LogP contribution in [-0.4, -0.2) is 47.5 Å². The Balaban J connectivity index is 1.62. The van der Waals surface area contributed by atoms with Gasteiger partial charge in [-0.15, -0.1) is 6.42 Å². The van der Waals surface area contributed by atoms with Crippen molar-refractivity contribution in [3.05, 3.63) is 35.6 Å². The first-order chi connectivity index (χ1) is 11.7. The largest absolute Gasteiger partial charge is 0.334 e. The number of nitrogens with one attached hydrogen (secondary N) is 1. The molecule has 0 aliphatic carbocycles. The van der Waals surface area contributed by atoms with Gasteiger partial charge in [-0.1, -0.05) is 24.5 Å². The van der Waals surface area contributed by atoms with E-state index in [1.807, 2.05) is 0 Å². The second-order valence-corrected chi connectivity index (χ2v) is 6.63. The number of benzene rings is 1. The van der Waals surface area contributed by atoms with E-state index in [9.17, 15) is 9.18 Å². The van der Waals surface area contributed by atoms with Crippen LogP contribution in [0.25, 0.3) is 0 Å². The molecule has 0 radical (unpaired) electrons. The summed E-state index contributed by atoms with van der Waals surface area (Å²) in [6.07, 6.45) is 10.1. The fourth-order valence-corrected chi connectivity index (χ4v) is 3.79. The number of halogens is 1. The molecule has 2 heterocycles. The van der Waals surface area contributed by atoms with Gasteiger partial charge in [0.25, 0.3) is 0 Å².